The first-order chi connectivity index (χ1) is 10.8. The van der Waals surface area contributed by atoms with Crippen LogP contribution in [-0.2, 0) is 4.79 Å². The van der Waals surface area contributed by atoms with Gasteiger partial charge in [0, 0.05) is 18.8 Å². The first-order valence-corrected chi connectivity index (χ1v) is 8.10. The standard InChI is InChI=1S/C16H22ClN3O3/c1-9(2)23-15-13(17)6-12(7-19-15)16(22)20-8-11(14(18)21)5-4-10(20)3/h6-7,9-11H,4-5,8H2,1-3H3,(H2,18,21)/t10-,11-/m0/s1. The lowest BCUT2D eigenvalue weighted by Gasteiger charge is -2.36. The number of primary amides is 1. The molecule has 0 saturated carbocycles. The summed E-state index contributed by atoms with van der Waals surface area (Å²) in [5.74, 6) is -0.567. The van der Waals surface area contributed by atoms with Gasteiger partial charge < -0.3 is 15.4 Å². The predicted molar refractivity (Wildman–Crippen MR) is 87.4 cm³/mol. The van der Waals surface area contributed by atoms with Crippen LogP contribution in [0.4, 0.5) is 0 Å². The van der Waals surface area contributed by atoms with Crippen molar-refractivity contribution in [1.29, 1.82) is 0 Å². The Bertz CT molecular complexity index is 606. The Morgan fingerprint density at radius 1 is 1.43 bits per heavy atom. The highest BCUT2D eigenvalue weighted by Gasteiger charge is 2.32. The molecular formula is C16H22ClN3O3. The van der Waals surface area contributed by atoms with Crippen molar-refractivity contribution in [3.8, 4) is 5.88 Å². The minimum Gasteiger partial charge on any atom is -0.474 e. The van der Waals surface area contributed by atoms with Gasteiger partial charge >= 0.3 is 0 Å². The zero-order valence-electron chi connectivity index (χ0n) is 13.6. The second kappa shape index (κ2) is 7.17. The Balaban J connectivity index is 2.18. The molecule has 1 fully saturated rings. The van der Waals surface area contributed by atoms with E-state index in [1.807, 2.05) is 20.8 Å². The van der Waals surface area contributed by atoms with Gasteiger partial charge in [0.25, 0.3) is 5.91 Å². The van der Waals surface area contributed by atoms with Crippen molar-refractivity contribution in [2.45, 2.75) is 45.8 Å². The van der Waals surface area contributed by atoms with Crippen LogP contribution >= 0.6 is 11.6 Å². The number of likely N-dealkylation sites (tertiary alicyclic amines) is 1. The van der Waals surface area contributed by atoms with E-state index in [0.29, 0.717) is 29.4 Å². The monoisotopic (exact) mass is 339 g/mol. The van der Waals surface area contributed by atoms with Crippen LogP contribution in [0.3, 0.4) is 0 Å². The minimum atomic E-state index is -0.369. The van der Waals surface area contributed by atoms with Crippen LogP contribution in [0.5, 0.6) is 5.88 Å². The van der Waals surface area contributed by atoms with E-state index in [9.17, 15) is 9.59 Å². The van der Waals surface area contributed by atoms with Crippen LogP contribution in [0, 0.1) is 5.92 Å². The maximum atomic E-state index is 12.7. The summed E-state index contributed by atoms with van der Waals surface area (Å²) in [7, 11) is 0. The number of aromatic nitrogens is 1. The molecule has 1 aromatic heterocycles. The second-order valence-electron chi connectivity index (χ2n) is 6.16. The summed E-state index contributed by atoms with van der Waals surface area (Å²) in [6, 6.07) is 1.60. The van der Waals surface area contributed by atoms with Gasteiger partial charge in [-0.05, 0) is 39.7 Å². The molecule has 1 saturated heterocycles. The van der Waals surface area contributed by atoms with Gasteiger partial charge in [0.05, 0.1) is 17.6 Å². The van der Waals surface area contributed by atoms with Crippen molar-refractivity contribution >= 4 is 23.4 Å². The van der Waals surface area contributed by atoms with Crippen LogP contribution in [0.2, 0.25) is 5.02 Å². The molecule has 2 rings (SSSR count). The largest absolute Gasteiger partial charge is 0.474 e. The first kappa shape index (κ1) is 17.5. The molecule has 0 aliphatic carbocycles. The number of carbonyl (C=O) groups is 2. The smallest absolute Gasteiger partial charge is 0.255 e. The van der Waals surface area contributed by atoms with Crippen molar-refractivity contribution in [1.82, 2.24) is 9.88 Å². The number of hydrogen-bond acceptors (Lipinski definition) is 4. The predicted octanol–water partition coefficient (Wildman–Crippen LogP) is 2.25. The highest BCUT2D eigenvalue weighted by atomic mass is 35.5. The number of piperidine rings is 1. The molecule has 0 bridgehead atoms. The van der Waals surface area contributed by atoms with Crippen LogP contribution in [0.15, 0.2) is 12.3 Å². The average Bonchev–Trinajstić information content (AvgIpc) is 2.48. The van der Waals surface area contributed by atoms with Gasteiger partial charge in [-0.2, -0.15) is 0 Å². The molecule has 1 aromatic rings. The van der Waals surface area contributed by atoms with E-state index < -0.39 is 0 Å². The number of nitrogens with zero attached hydrogens (tertiary/aromatic N) is 2. The van der Waals surface area contributed by atoms with Crippen LogP contribution in [0.1, 0.15) is 44.0 Å². The highest BCUT2D eigenvalue weighted by Crippen LogP contribution is 2.27. The molecule has 7 heteroatoms. The highest BCUT2D eigenvalue weighted by molar-refractivity contribution is 6.32. The lowest BCUT2D eigenvalue weighted by Crippen LogP contribution is -2.48. The third kappa shape index (κ3) is 4.13. The number of carbonyl (C=O) groups excluding carboxylic acids is 2. The summed E-state index contributed by atoms with van der Waals surface area (Å²) in [5.41, 5.74) is 5.75. The molecule has 1 aliphatic rings. The molecule has 6 nitrogen and oxygen atoms in total. The number of rotatable bonds is 4. The molecule has 2 atom stereocenters. The van der Waals surface area contributed by atoms with Crippen molar-refractivity contribution in [3.63, 3.8) is 0 Å². The Labute approximate surface area is 140 Å². The number of halogens is 1. The molecule has 2 N–H and O–H groups in total. The van der Waals surface area contributed by atoms with Crippen molar-refractivity contribution in [3.05, 3.63) is 22.8 Å². The summed E-state index contributed by atoms with van der Waals surface area (Å²) in [4.78, 5) is 29.9. The summed E-state index contributed by atoms with van der Waals surface area (Å²) in [6.07, 6.45) is 2.85. The number of amides is 2. The summed E-state index contributed by atoms with van der Waals surface area (Å²) in [5, 5.41) is 0.292. The fraction of sp³-hybridized carbons (Fsp3) is 0.562. The maximum Gasteiger partial charge on any atom is 0.255 e. The zero-order chi connectivity index (χ0) is 17.1. The fourth-order valence-electron chi connectivity index (χ4n) is 2.64. The maximum absolute atomic E-state index is 12.7. The fourth-order valence-corrected chi connectivity index (χ4v) is 2.85. The van der Waals surface area contributed by atoms with Gasteiger partial charge in [0.1, 0.15) is 5.02 Å². The number of nitrogens with two attached hydrogens (primary N) is 1. The Morgan fingerprint density at radius 3 is 2.70 bits per heavy atom. The first-order valence-electron chi connectivity index (χ1n) is 7.72. The quantitative estimate of drug-likeness (QED) is 0.911. The number of hydrogen-bond donors (Lipinski definition) is 1. The van der Waals surface area contributed by atoms with E-state index in [1.165, 1.54) is 6.20 Å². The summed E-state index contributed by atoms with van der Waals surface area (Å²) < 4.78 is 5.47. The molecule has 1 aliphatic heterocycles. The molecule has 23 heavy (non-hydrogen) atoms. The topological polar surface area (TPSA) is 85.5 Å². The molecule has 0 radical (unpaired) electrons. The van der Waals surface area contributed by atoms with Gasteiger partial charge in [-0.15, -0.1) is 0 Å². The van der Waals surface area contributed by atoms with Crippen LogP contribution in [0.25, 0.3) is 0 Å². The Kier molecular flexibility index (Phi) is 5.46. The molecule has 126 valence electrons. The number of pyridine rings is 1. The van der Waals surface area contributed by atoms with E-state index in [0.717, 1.165) is 6.42 Å². The second-order valence-corrected chi connectivity index (χ2v) is 6.57. The van der Waals surface area contributed by atoms with Gasteiger partial charge in [0.2, 0.25) is 11.8 Å². The summed E-state index contributed by atoms with van der Waals surface area (Å²) >= 11 is 6.14. The summed E-state index contributed by atoms with van der Waals surface area (Å²) in [6.45, 7) is 6.03. The third-order valence-corrected chi connectivity index (χ3v) is 4.22. The molecule has 0 aromatic carbocycles. The average molecular weight is 340 g/mol. The van der Waals surface area contributed by atoms with Gasteiger partial charge in [-0.1, -0.05) is 11.6 Å². The van der Waals surface area contributed by atoms with Gasteiger partial charge in [0.15, 0.2) is 0 Å². The van der Waals surface area contributed by atoms with Gasteiger partial charge in [-0.25, -0.2) is 4.98 Å². The third-order valence-electron chi connectivity index (χ3n) is 3.95. The SMILES string of the molecule is CC(C)Oc1ncc(C(=O)N2C[C@@H](C(N)=O)CC[C@@H]2C)cc1Cl. The van der Waals surface area contributed by atoms with E-state index in [-0.39, 0.29) is 29.9 Å². The minimum absolute atomic E-state index is 0.0449. The van der Waals surface area contributed by atoms with Crippen molar-refractivity contribution < 1.29 is 14.3 Å². The van der Waals surface area contributed by atoms with E-state index in [1.54, 1.807) is 11.0 Å². The zero-order valence-corrected chi connectivity index (χ0v) is 14.3. The van der Waals surface area contributed by atoms with E-state index >= 15 is 0 Å². The Morgan fingerprint density at radius 2 is 2.13 bits per heavy atom. The van der Waals surface area contributed by atoms with Gasteiger partial charge in [-0.3, -0.25) is 9.59 Å². The van der Waals surface area contributed by atoms with Crippen LogP contribution < -0.4 is 10.5 Å². The van der Waals surface area contributed by atoms with E-state index in [4.69, 9.17) is 22.1 Å². The number of ether oxygens (including phenoxy) is 1. The molecule has 2 amide bonds. The molecule has 2 heterocycles. The van der Waals surface area contributed by atoms with Crippen molar-refractivity contribution in [2.75, 3.05) is 6.54 Å². The lowest BCUT2D eigenvalue weighted by molar-refractivity contribution is -0.123. The lowest BCUT2D eigenvalue weighted by atomic mass is 9.92. The van der Waals surface area contributed by atoms with Crippen molar-refractivity contribution in [2.24, 2.45) is 11.7 Å². The normalized spacial score (nSPS) is 21.3. The van der Waals surface area contributed by atoms with Crippen LogP contribution in [-0.4, -0.2) is 40.4 Å². The molecule has 0 unspecified atom stereocenters. The Hall–Kier alpha value is -1.82. The van der Waals surface area contributed by atoms with E-state index in [2.05, 4.69) is 4.98 Å². The molecule has 0 spiro atoms. The molecular weight excluding hydrogens is 318 g/mol.